The number of rotatable bonds is 19. The number of nitrogens with zero attached hydrogens (tertiary/aromatic N) is 3. The van der Waals surface area contributed by atoms with Crippen LogP contribution < -0.4 is 16.0 Å². The van der Waals surface area contributed by atoms with Crippen molar-refractivity contribution in [3.05, 3.63) is 24.6 Å². The van der Waals surface area contributed by atoms with E-state index in [2.05, 4.69) is 46.4 Å². The van der Waals surface area contributed by atoms with E-state index in [1.807, 2.05) is 19.9 Å². The van der Waals surface area contributed by atoms with E-state index in [4.69, 9.17) is 4.74 Å². The number of urea groups is 1. The van der Waals surface area contributed by atoms with Crippen molar-refractivity contribution in [2.24, 2.45) is 15.9 Å². The second-order valence-electron chi connectivity index (χ2n) is 9.69. The average Bonchev–Trinajstić information content (AvgIpc) is 2.94. The summed E-state index contributed by atoms with van der Waals surface area (Å²) in [5.41, 5.74) is 2.47. The fourth-order valence-electron chi connectivity index (χ4n) is 3.72. The molecule has 0 aromatic rings. The average molecular weight is 601 g/mol. The van der Waals surface area contributed by atoms with E-state index in [9.17, 15) is 19.8 Å². The van der Waals surface area contributed by atoms with Crippen molar-refractivity contribution in [3.8, 4) is 0 Å². The van der Waals surface area contributed by atoms with Gasteiger partial charge in [0.15, 0.2) is 0 Å². The van der Waals surface area contributed by atoms with Crippen LogP contribution >= 0.6 is 23.5 Å². The van der Waals surface area contributed by atoms with Crippen LogP contribution in [0.2, 0.25) is 0 Å². The van der Waals surface area contributed by atoms with Gasteiger partial charge in [-0.15, -0.1) is 23.5 Å². The first-order chi connectivity index (χ1) is 19.1. The first kappa shape index (κ1) is 36.0. The van der Waals surface area contributed by atoms with Crippen molar-refractivity contribution in [2.75, 3.05) is 38.3 Å². The number of alkyl carbamates (subject to hydrolysis) is 1. The van der Waals surface area contributed by atoms with Crippen LogP contribution in [0.3, 0.4) is 0 Å². The molecule has 1 rings (SSSR count). The molecule has 0 fully saturated rings. The number of amides is 3. The highest BCUT2D eigenvalue weighted by atomic mass is 32.2. The minimum Gasteiger partial charge on any atom is -0.449 e. The second-order valence-corrected chi connectivity index (χ2v) is 11.7. The minimum absolute atomic E-state index is 0.0798. The normalized spacial score (nSPS) is 16.5. The number of hydrogen-bond acceptors (Lipinski definition) is 10. The lowest BCUT2D eigenvalue weighted by atomic mass is 10.0. The molecule has 4 atom stereocenters. The molecule has 0 spiro atoms. The van der Waals surface area contributed by atoms with Crippen LogP contribution in [-0.4, -0.2) is 100 Å². The Balaban J connectivity index is 2.51. The van der Waals surface area contributed by atoms with Gasteiger partial charge in [0, 0.05) is 42.8 Å². The molecule has 11 nitrogen and oxygen atoms in total. The highest BCUT2D eigenvalue weighted by Crippen LogP contribution is 2.21. The molecule has 40 heavy (non-hydrogen) atoms. The number of hydrogen-bond donors (Lipinski definition) is 5. The number of thioether (sulfide) groups is 2. The summed E-state index contributed by atoms with van der Waals surface area (Å²) < 4.78 is 5.22. The van der Waals surface area contributed by atoms with E-state index in [1.54, 1.807) is 24.4 Å². The molecule has 1 aliphatic rings. The molecule has 0 saturated carbocycles. The lowest BCUT2D eigenvalue weighted by molar-refractivity contribution is 0.0535. The van der Waals surface area contributed by atoms with Gasteiger partial charge in [0.2, 0.25) is 0 Å². The van der Waals surface area contributed by atoms with Crippen molar-refractivity contribution in [1.29, 1.82) is 0 Å². The number of carbonyl (C=O) groups is 2. The number of aliphatic hydroxyl groups is 2. The maximum Gasteiger partial charge on any atom is 0.407 e. The molecular weight excluding hydrogens is 552 g/mol. The first-order valence-corrected chi connectivity index (χ1v) is 15.8. The maximum absolute atomic E-state index is 12.8. The van der Waals surface area contributed by atoms with E-state index >= 15 is 0 Å². The third kappa shape index (κ3) is 14.5. The predicted octanol–water partition coefficient (Wildman–Crippen LogP) is 3.55. The van der Waals surface area contributed by atoms with Gasteiger partial charge in [0.1, 0.15) is 12.8 Å². The molecule has 0 radical (unpaired) electrons. The van der Waals surface area contributed by atoms with E-state index in [1.165, 1.54) is 22.9 Å². The molecule has 5 N–H and O–H groups in total. The molecule has 0 saturated heterocycles. The molecule has 1 heterocycles. The van der Waals surface area contributed by atoms with Crippen molar-refractivity contribution in [2.45, 2.75) is 77.7 Å². The third-order valence-corrected chi connectivity index (χ3v) is 8.05. The van der Waals surface area contributed by atoms with Crippen molar-refractivity contribution in [1.82, 2.24) is 20.9 Å². The number of likely N-dealkylation sites (N-methyl/N-ethyl adjacent to an activating group) is 1. The largest absolute Gasteiger partial charge is 0.449 e. The summed E-state index contributed by atoms with van der Waals surface area (Å²) in [7, 11) is 1.66. The molecule has 0 aliphatic carbocycles. The minimum atomic E-state index is -1.15. The Morgan fingerprint density at radius 1 is 1.27 bits per heavy atom. The quantitative estimate of drug-likeness (QED) is 0.0655. The molecule has 1 aliphatic heterocycles. The van der Waals surface area contributed by atoms with Crippen LogP contribution in [0.5, 0.6) is 0 Å². The molecule has 4 unspecified atom stereocenters. The zero-order valence-corrected chi connectivity index (χ0v) is 26.1. The SMILES string of the molecule is C=CN=CSCCOC(=O)NC(CC)CCC(CC)NC(O)C(CO)NC(=O)N(C)CC1=CCSC(C(C)C)=N1. The van der Waals surface area contributed by atoms with Gasteiger partial charge in [0.25, 0.3) is 0 Å². The van der Waals surface area contributed by atoms with Gasteiger partial charge >= 0.3 is 12.1 Å². The number of carbonyl (C=O) groups excluding carboxylic acids is 2. The summed E-state index contributed by atoms with van der Waals surface area (Å²) in [6.45, 7) is 11.8. The van der Waals surface area contributed by atoms with Crippen LogP contribution in [0.25, 0.3) is 0 Å². The fraction of sp³-hybridized carbons (Fsp3) is 0.704. The fourth-order valence-corrected chi connectivity index (χ4v) is 5.14. The topological polar surface area (TPSA) is 148 Å². The lowest BCUT2D eigenvalue weighted by Gasteiger charge is -2.30. The van der Waals surface area contributed by atoms with Crippen LogP contribution in [0.4, 0.5) is 9.59 Å². The van der Waals surface area contributed by atoms with Gasteiger partial charge in [-0.05, 0) is 25.7 Å². The lowest BCUT2D eigenvalue weighted by Crippen LogP contribution is -2.56. The molecule has 13 heteroatoms. The van der Waals surface area contributed by atoms with Gasteiger partial charge in [-0.2, -0.15) is 0 Å². The monoisotopic (exact) mass is 600 g/mol. The van der Waals surface area contributed by atoms with Gasteiger partial charge in [0.05, 0.1) is 35.5 Å². The van der Waals surface area contributed by atoms with Crippen LogP contribution in [0.1, 0.15) is 53.4 Å². The van der Waals surface area contributed by atoms with Crippen molar-refractivity contribution < 1.29 is 24.5 Å². The maximum atomic E-state index is 12.8. The molecule has 0 aromatic heterocycles. The smallest absolute Gasteiger partial charge is 0.407 e. The Kier molecular flexibility index (Phi) is 18.7. The van der Waals surface area contributed by atoms with E-state index in [-0.39, 0.29) is 18.7 Å². The van der Waals surface area contributed by atoms with Gasteiger partial charge in [-0.25, -0.2) is 14.6 Å². The summed E-state index contributed by atoms with van der Waals surface area (Å²) in [6, 6.07) is -1.46. The standard InChI is InChI=1S/C27H48N6O5S2/c1-7-20(10-11-21(8-2)31-27(37)38-13-15-39-18-28-9-3)29-24(35)23(17-34)32-26(36)33(6)16-22-12-14-40-25(30-22)19(4)5/h9,12,18-21,23-24,29,34-35H,3,7-8,10-11,13-17H2,1-2,4-6H3,(H,31,37)(H,32,36). The molecule has 0 aromatic carbocycles. The van der Waals surface area contributed by atoms with Gasteiger partial charge < -0.3 is 30.5 Å². The van der Waals surface area contributed by atoms with Crippen molar-refractivity contribution in [3.63, 3.8) is 0 Å². The van der Waals surface area contributed by atoms with Gasteiger partial charge in [-0.3, -0.25) is 10.3 Å². The Morgan fingerprint density at radius 2 is 1.98 bits per heavy atom. The van der Waals surface area contributed by atoms with E-state index in [0.29, 0.717) is 31.1 Å². The number of aliphatic hydroxyl groups excluding tert-OH is 2. The first-order valence-electron chi connectivity index (χ1n) is 13.8. The van der Waals surface area contributed by atoms with Crippen LogP contribution in [0, 0.1) is 5.92 Å². The number of nitrogens with one attached hydrogen (secondary N) is 3. The Morgan fingerprint density at radius 3 is 2.60 bits per heavy atom. The zero-order valence-electron chi connectivity index (χ0n) is 24.5. The molecule has 0 bridgehead atoms. The third-order valence-electron chi connectivity index (χ3n) is 6.18. The number of ether oxygens (including phenoxy) is 1. The summed E-state index contributed by atoms with van der Waals surface area (Å²) >= 11 is 3.13. The Bertz CT molecular complexity index is 870. The van der Waals surface area contributed by atoms with Gasteiger partial charge in [-0.1, -0.05) is 40.3 Å². The highest BCUT2D eigenvalue weighted by molar-refractivity contribution is 8.14. The summed E-state index contributed by atoms with van der Waals surface area (Å²) in [4.78, 5) is 34.9. The predicted molar refractivity (Wildman–Crippen MR) is 167 cm³/mol. The molecule has 228 valence electrons. The summed E-state index contributed by atoms with van der Waals surface area (Å²) in [5, 5.41) is 30.4. The van der Waals surface area contributed by atoms with Crippen molar-refractivity contribution >= 4 is 46.2 Å². The van der Waals surface area contributed by atoms with E-state index < -0.39 is 31.0 Å². The van der Waals surface area contributed by atoms with Crippen LogP contribution in [-0.2, 0) is 4.74 Å². The molecule has 3 amide bonds. The Labute approximate surface area is 247 Å². The van der Waals surface area contributed by atoms with Crippen LogP contribution in [0.15, 0.2) is 34.5 Å². The summed E-state index contributed by atoms with van der Waals surface area (Å²) in [6.07, 6.45) is 4.63. The number of aliphatic imine (C=N–C) groups is 2. The highest BCUT2D eigenvalue weighted by Gasteiger charge is 2.25. The zero-order chi connectivity index (χ0) is 29.9. The second kappa shape index (κ2) is 20.8. The summed E-state index contributed by atoms with van der Waals surface area (Å²) in [5.74, 6) is 1.75. The van der Waals surface area contributed by atoms with E-state index in [0.717, 1.165) is 29.3 Å². The molecular formula is C27H48N6O5S2. The Hall–Kier alpha value is -2.06.